The van der Waals surface area contributed by atoms with Crippen LogP contribution in [0.4, 0.5) is 4.79 Å². The largest absolute Gasteiger partial charge is 0.497 e. The van der Waals surface area contributed by atoms with Gasteiger partial charge >= 0.3 is 6.09 Å². The number of imidazole rings is 1. The molecule has 2 N–H and O–H groups in total. The minimum Gasteiger partial charge on any atom is -0.497 e. The molecule has 0 saturated heterocycles. The van der Waals surface area contributed by atoms with Crippen LogP contribution in [0.3, 0.4) is 0 Å². The van der Waals surface area contributed by atoms with Gasteiger partial charge in [-0.25, -0.2) is 26.6 Å². The van der Waals surface area contributed by atoms with E-state index >= 15 is 8.42 Å². The maximum absolute atomic E-state index is 15.8. The molecule has 2 heterocycles. The van der Waals surface area contributed by atoms with Crippen molar-refractivity contribution in [1.29, 1.82) is 0 Å². The summed E-state index contributed by atoms with van der Waals surface area (Å²) in [4.78, 5) is 15.7. The number of sulfonamides is 1. The molecule has 0 spiro atoms. The normalized spacial score (nSPS) is 11.7. The van der Waals surface area contributed by atoms with E-state index in [0.717, 1.165) is 5.56 Å². The molecule has 0 bridgehead atoms. The minimum atomic E-state index is -4.90. The van der Waals surface area contributed by atoms with Crippen LogP contribution in [0.5, 0.6) is 17.2 Å². The van der Waals surface area contributed by atoms with Gasteiger partial charge < -0.3 is 29.2 Å². The molecular weight excluding hydrogens is 837 g/mol. The summed E-state index contributed by atoms with van der Waals surface area (Å²) >= 11 is 0. The maximum Gasteiger partial charge on any atom is 0.404 e. The number of amides is 1. The van der Waals surface area contributed by atoms with Gasteiger partial charge in [-0.05, 0) is 87.6 Å². The van der Waals surface area contributed by atoms with Crippen LogP contribution in [-0.4, -0.2) is 95.7 Å². The summed E-state index contributed by atoms with van der Waals surface area (Å²) < 4.78 is 79.5. The summed E-state index contributed by atoms with van der Waals surface area (Å²) in [6, 6.07) is 30.8. The molecule has 0 unspecified atom stereocenters. The number of carbonyl (C=O) groups is 1. The van der Waals surface area contributed by atoms with Crippen LogP contribution >= 0.6 is 0 Å². The Morgan fingerprint density at radius 2 is 1.37 bits per heavy atom. The van der Waals surface area contributed by atoms with Crippen LogP contribution in [-0.2, 0) is 39.5 Å². The van der Waals surface area contributed by atoms with Crippen molar-refractivity contribution in [1.82, 2.24) is 39.4 Å². The Morgan fingerprint density at radius 3 is 1.92 bits per heavy atom. The monoisotopic (exact) mass is 878 g/mol. The molecule has 0 aliphatic rings. The van der Waals surface area contributed by atoms with Crippen molar-refractivity contribution in [3.8, 4) is 45.5 Å². The number of methoxy groups -OCH3 is 3. The summed E-state index contributed by atoms with van der Waals surface area (Å²) in [6.07, 6.45) is 3.54. The van der Waals surface area contributed by atoms with Gasteiger partial charge in [0.15, 0.2) is 9.84 Å². The lowest BCUT2D eigenvalue weighted by molar-refractivity contribution is 0.195. The van der Waals surface area contributed by atoms with Crippen LogP contribution < -0.4 is 19.5 Å². The summed E-state index contributed by atoms with van der Waals surface area (Å²) in [6.45, 7) is -0.783. The second-order valence-corrected chi connectivity index (χ2v) is 17.8. The van der Waals surface area contributed by atoms with Crippen LogP contribution in [0.2, 0.25) is 0 Å². The number of aromatic nitrogens is 6. The van der Waals surface area contributed by atoms with Gasteiger partial charge in [0, 0.05) is 37.7 Å². The van der Waals surface area contributed by atoms with E-state index in [-0.39, 0.29) is 36.6 Å². The fraction of sp³-hybridized carbons (Fsp3) is 0.186. The zero-order valence-corrected chi connectivity index (χ0v) is 35.5. The Morgan fingerprint density at radius 1 is 0.774 bits per heavy atom. The highest BCUT2D eigenvalue weighted by Crippen LogP contribution is 2.42. The third-order valence-corrected chi connectivity index (χ3v) is 13.6. The molecule has 2 aromatic heterocycles. The number of benzene rings is 5. The Kier molecular flexibility index (Phi) is 13.0. The van der Waals surface area contributed by atoms with Crippen molar-refractivity contribution >= 4 is 26.0 Å². The highest BCUT2D eigenvalue weighted by molar-refractivity contribution is 7.93. The predicted molar refractivity (Wildman–Crippen MR) is 228 cm³/mol. The van der Waals surface area contributed by atoms with Crippen molar-refractivity contribution < 1.29 is 40.9 Å². The smallest absolute Gasteiger partial charge is 0.404 e. The standard InChI is InChI=1S/C43H42N8O9S2/c1-58-35-13-7-30(8-14-35)26-50(27-31-9-15-36(59-2)16-10-31)62(56,57)41-39(61(54,55)24-22-45-43(52)53)20-19-38(33-5-4-6-34(25-33)49-23-21-44-29-49)40(41)42-46-48-51(47-42)28-32-11-17-37(60-3)18-12-32/h4-21,23,25,29,45H,22,24,26-28H2,1-3H3,(H,52,53). The number of hydrogen-bond acceptors (Lipinski definition) is 12. The molecule has 0 saturated carbocycles. The molecule has 0 aliphatic carbocycles. The molecule has 7 rings (SSSR count). The van der Waals surface area contributed by atoms with Gasteiger partial charge in [-0.2, -0.15) is 9.10 Å². The molecule has 17 nitrogen and oxygen atoms in total. The van der Waals surface area contributed by atoms with Gasteiger partial charge in [0.2, 0.25) is 15.8 Å². The van der Waals surface area contributed by atoms with Gasteiger partial charge in [0.1, 0.15) is 22.1 Å². The topological polar surface area (TPSA) is 210 Å². The lowest BCUT2D eigenvalue weighted by Crippen LogP contribution is -2.33. The van der Waals surface area contributed by atoms with Crippen molar-refractivity contribution in [2.24, 2.45) is 0 Å². The first-order valence-electron chi connectivity index (χ1n) is 19.0. The van der Waals surface area contributed by atoms with Gasteiger partial charge in [0.05, 0.1) is 50.4 Å². The molecule has 1 amide bonds. The molecule has 5 aromatic carbocycles. The first kappa shape index (κ1) is 43.0. The summed E-state index contributed by atoms with van der Waals surface area (Å²) in [5, 5.41) is 24.7. The summed E-state index contributed by atoms with van der Waals surface area (Å²) in [5.41, 5.74) is 3.27. The molecule has 320 valence electrons. The van der Waals surface area contributed by atoms with Crippen LogP contribution in [0.25, 0.3) is 28.2 Å². The van der Waals surface area contributed by atoms with E-state index in [1.165, 1.54) is 35.5 Å². The number of nitrogens with zero attached hydrogens (tertiary/aromatic N) is 7. The molecule has 62 heavy (non-hydrogen) atoms. The average Bonchev–Trinajstić information content (AvgIpc) is 4.00. The Labute approximate surface area is 358 Å². The van der Waals surface area contributed by atoms with Gasteiger partial charge in [-0.3, -0.25) is 0 Å². The summed E-state index contributed by atoms with van der Waals surface area (Å²) in [5.74, 6) is 0.820. The van der Waals surface area contributed by atoms with Crippen molar-refractivity contribution in [2.45, 2.75) is 29.4 Å². The zero-order valence-electron chi connectivity index (χ0n) is 33.8. The van der Waals surface area contributed by atoms with E-state index in [4.69, 9.17) is 14.2 Å². The first-order chi connectivity index (χ1) is 29.9. The third kappa shape index (κ3) is 9.75. The highest BCUT2D eigenvalue weighted by atomic mass is 32.2. The maximum atomic E-state index is 15.8. The van der Waals surface area contributed by atoms with E-state index in [0.29, 0.717) is 39.6 Å². The van der Waals surface area contributed by atoms with Crippen LogP contribution in [0.15, 0.2) is 138 Å². The highest BCUT2D eigenvalue weighted by Gasteiger charge is 2.38. The predicted octanol–water partition coefficient (Wildman–Crippen LogP) is 5.70. The number of hydrogen-bond donors (Lipinski definition) is 2. The van der Waals surface area contributed by atoms with Gasteiger partial charge in [0.25, 0.3) is 0 Å². The molecule has 0 radical (unpaired) electrons. The molecule has 0 aliphatic heterocycles. The van der Waals surface area contributed by atoms with Crippen molar-refractivity contribution in [3.05, 3.63) is 145 Å². The van der Waals surface area contributed by atoms with Gasteiger partial charge in [-0.1, -0.05) is 54.6 Å². The number of sulfone groups is 1. The van der Waals surface area contributed by atoms with E-state index < -0.39 is 48.0 Å². The molecule has 19 heteroatoms. The van der Waals surface area contributed by atoms with E-state index in [2.05, 4.69) is 25.7 Å². The first-order valence-corrected chi connectivity index (χ1v) is 22.1. The fourth-order valence-corrected chi connectivity index (χ4v) is 10.3. The van der Waals surface area contributed by atoms with E-state index in [1.807, 2.05) is 18.2 Å². The Hall–Kier alpha value is -7.09. The van der Waals surface area contributed by atoms with Gasteiger partial charge in [-0.15, -0.1) is 10.2 Å². The fourth-order valence-electron chi connectivity index (χ4n) is 6.70. The second kappa shape index (κ2) is 18.7. The second-order valence-electron chi connectivity index (χ2n) is 13.8. The van der Waals surface area contributed by atoms with Crippen molar-refractivity contribution in [3.63, 3.8) is 0 Å². The SMILES string of the molecule is COc1ccc(CN(Cc2ccc(OC)cc2)S(=O)(=O)c2c(S(=O)(=O)CCNC(=O)O)ccc(-c3cccc(-n4ccnc4)c3)c2-c2nnn(Cc3ccc(OC)cc3)n2)cc1. The average molecular weight is 879 g/mol. The van der Waals surface area contributed by atoms with Crippen LogP contribution in [0.1, 0.15) is 16.7 Å². The quantitative estimate of drug-likeness (QED) is 0.106. The minimum absolute atomic E-state index is 0.129. The number of rotatable bonds is 18. The lowest BCUT2D eigenvalue weighted by atomic mass is 9.98. The Bertz CT molecular complexity index is 2820. The lowest BCUT2D eigenvalue weighted by Gasteiger charge is -2.26. The van der Waals surface area contributed by atoms with E-state index in [9.17, 15) is 18.3 Å². The van der Waals surface area contributed by atoms with Crippen molar-refractivity contribution in [2.75, 3.05) is 33.6 Å². The molecule has 0 fully saturated rings. The zero-order chi connectivity index (χ0) is 43.9. The van der Waals surface area contributed by atoms with E-state index in [1.54, 1.807) is 109 Å². The Balaban J connectivity index is 1.48. The third-order valence-electron chi connectivity index (χ3n) is 9.86. The summed E-state index contributed by atoms with van der Waals surface area (Å²) in [7, 11) is -4.86. The number of carboxylic acid groups (broad SMARTS) is 1. The molecule has 7 aromatic rings. The number of nitrogens with one attached hydrogen (secondary N) is 1. The number of tetrazole rings is 1. The molecular formula is C43H42N8O9S2. The number of ether oxygens (including phenoxy) is 3. The van der Waals surface area contributed by atoms with Crippen LogP contribution in [0, 0.1) is 0 Å². The molecule has 0 atom stereocenters.